The smallest absolute Gasteiger partial charge is 0.338 e. The molecule has 38 heavy (non-hydrogen) atoms. The Bertz CT molecular complexity index is 1340. The van der Waals surface area contributed by atoms with Crippen molar-refractivity contribution in [2.24, 2.45) is 0 Å². The predicted molar refractivity (Wildman–Crippen MR) is 149 cm³/mol. The summed E-state index contributed by atoms with van der Waals surface area (Å²) in [4.78, 5) is 13.6. The van der Waals surface area contributed by atoms with Crippen LogP contribution in [0.4, 0.5) is 5.95 Å². The fraction of sp³-hybridized carbons (Fsp3) is 0.407. The molecule has 1 saturated carbocycles. The first kappa shape index (κ1) is 26.7. The van der Waals surface area contributed by atoms with E-state index in [1.54, 1.807) is 4.68 Å². The highest BCUT2D eigenvalue weighted by molar-refractivity contribution is 9.10. The lowest BCUT2D eigenvalue weighted by molar-refractivity contribution is -0.146. The molecule has 2 heterocycles. The molecule has 0 radical (unpaired) electrons. The first-order valence-electron chi connectivity index (χ1n) is 12.7. The number of tetrazole rings is 1. The van der Waals surface area contributed by atoms with Crippen molar-refractivity contribution in [1.82, 2.24) is 20.2 Å². The average molecular weight is 647 g/mol. The summed E-state index contributed by atoms with van der Waals surface area (Å²) in [6, 6.07) is 11.1. The first-order chi connectivity index (χ1) is 18.4. The normalized spacial score (nSPS) is 17.5. The van der Waals surface area contributed by atoms with Gasteiger partial charge in [-0.15, -0.1) is 0 Å². The Labute approximate surface area is 238 Å². The molecule has 0 bridgehead atoms. The van der Waals surface area contributed by atoms with Gasteiger partial charge in [0.25, 0.3) is 0 Å². The zero-order valence-corrected chi connectivity index (χ0v) is 24.4. The molecule has 1 fully saturated rings. The van der Waals surface area contributed by atoms with Gasteiger partial charge in [0.15, 0.2) is 11.5 Å². The molecule has 3 aromatic rings. The number of halogens is 2. The summed E-state index contributed by atoms with van der Waals surface area (Å²) in [6.07, 6.45) is 5.02. The van der Waals surface area contributed by atoms with E-state index in [4.69, 9.17) is 14.2 Å². The van der Waals surface area contributed by atoms with Crippen molar-refractivity contribution in [2.75, 3.05) is 11.9 Å². The molecule has 0 spiro atoms. The number of esters is 1. The van der Waals surface area contributed by atoms with Crippen LogP contribution in [0.3, 0.4) is 0 Å². The van der Waals surface area contributed by atoms with Crippen LogP contribution in [0.15, 0.2) is 56.6 Å². The van der Waals surface area contributed by atoms with Crippen LogP contribution in [-0.2, 0) is 16.1 Å². The SMILES string of the molecule is CCOc1cc(C2C(C(=O)OC3CCCCC3)=C(C)Nc3nnnn32)cc(Br)c1OCc1ccc(Br)cc1. The number of hydrogen-bond donors (Lipinski definition) is 1. The van der Waals surface area contributed by atoms with Gasteiger partial charge >= 0.3 is 5.97 Å². The topological polar surface area (TPSA) is 100 Å². The Kier molecular flexibility index (Phi) is 8.32. The van der Waals surface area contributed by atoms with Crippen molar-refractivity contribution in [3.63, 3.8) is 0 Å². The molecular weight excluding hydrogens is 618 g/mol. The number of benzene rings is 2. The lowest BCUT2D eigenvalue weighted by atomic mass is 9.94. The van der Waals surface area contributed by atoms with E-state index in [0.717, 1.165) is 41.3 Å². The number of fused-ring (bicyclic) bond motifs is 1. The maximum atomic E-state index is 13.6. The van der Waals surface area contributed by atoms with E-state index in [-0.39, 0.29) is 12.1 Å². The molecule has 2 aromatic carbocycles. The Morgan fingerprint density at radius 3 is 2.61 bits per heavy atom. The molecule has 0 amide bonds. The van der Waals surface area contributed by atoms with Gasteiger partial charge in [-0.3, -0.25) is 0 Å². The number of hydrogen-bond acceptors (Lipinski definition) is 8. The van der Waals surface area contributed by atoms with Crippen LogP contribution in [0, 0.1) is 0 Å². The third-order valence-corrected chi connectivity index (χ3v) is 7.82. The van der Waals surface area contributed by atoms with Crippen LogP contribution >= 0.6 is 31.9 Å². The van der Waals surface area contributed by atoms with Gasteiger partial charge in [0, 0.05) is 10.2 Å². The van der Waals surface area contributed by atoms with Crippen LogP contribution in [0.25, 0.3) is 0 Å². The molecule has 9 nitrogen and oxygen atoms in total. The fourth-order valence-electron chi connectivity index (χ4n) is 4.87. The van der Waals surface area contributed by atoms with E-state index in [2.05, 4.69) is 52.7 Å². The lowest BCUT2D eigenvalue weighted by Gasteiger charge is -2.30. The zero-order valence-electron chi connectivity index (χ0n) is 21.2. The second kappa shape index (κ2) is 11.9. The molecule has 11 heteroatoms. The molecular formula is C27H29Br2N5O4. The fourth-order valence-corrected chi connectivity index (χ4v) is 5.71. The minimum Gasteiger partial charge on any atom is -0.490 e. The largest absolute Gasteiger partial charge is 0.490 e. The molecule has 1 aromatic heterocycles. The van der Waals surface area contributed by atoms with Gasteiger partial charge in [0.1, 0.15) is 18.8 Å². The number of nitrogens with zero attached hydrogens (tertiary/aromatic N) is 4. The molecule has 200 valence electrons. The van der Waals surface area contributed by atoms with Gasteiger partial charge in [0.05, 0.1) is 16.7 Å². The molecule has 1 aliphatic heterocycles. The van der Waals surface area contributed by atoms with Crippen LogP contribution in [-0.4, -0.2) is 38.9 Å². The third-order valence-electron chi connectivity index (χ3n) is 6.70. The molecule has 0 saturated heterocycles. The molecule has 1 atom stereocenters. The van der Waals surface area contributed by atoms with Gasteiger partial charge in [-0.05, 0) is 101 Å². The quantitative estimate of drug-likeness (QED) is 0.283. The highest BCUT2D eigenvalue weighted by Crippen LogP contribution is 2.43. The van der Waals surface area contributed by atoms with Gasteiger partial charge in [-0.25, -0.2) is 4.79 Å². The van der Waals surface area contributed by atoms with Crippen molar-refractivity contribution >= 4 is 43.8 Å². The average Bonchev–Trinajstić information content (AvgIpc) is 3.37. The molecule has 1 N–H and O–H groups in total. The van der Waals surface area contributed by atoms with Crippen molar-refractivity contribution in [3.05, 3.63) is 67.7 Å². The van der Waals surface area contributed by atoms with Crippen molar-refractivity contribution in [3.8, 4) is 11.5 Å². The van der Waals surface area contributed by atoms with Gasteiger partial charge in [0.2, 0.25) is 5.95 Å². The van der Waals surface area contributed by atoms with E-state index in [1.165, 1.54) is 6.42 Å². The van der Waals surface area contributed by atoms with E-state index in [9.17, 15) is 4.79 Å². The number of carbonyl (C=O) groups is 1. The Hall–Kier alpha value is -2.92. The molecule has 5 rings (SSSR count). The number of carbonyl (C=O) groups excluding carboxylic acids is 1. The van der Waals surface area contributed by atoms with Gasteiger partial charge in [-0.2, -0.15) is 4.68 Å². The number of allylic oxidation sites excluding steroid dienone is 1. The van der Waals surface area contributed by atoms with E-state index >= 15 is 0 Å². The summed E-state index contributed by atoms with van der Waals surface area (Å²) in [7, 11) is 0. The van der Waals surface area contributed by atoms with E-state index < -0.39 is 6.04 Å². The Morgan fingerprint density at radius 1 is 1.11 bits per heavy atom. The van der Waals surface area contributed by atoms with Crippen LogP contribution < -0.4 is 14.8 Å². The number of ether oxygens (including phenoxy) is 3. The summed E-state index contributed by atoms with van der Waals surface area (Å²) in [6.45, 7) is 4.57. The summed E-state index contributed by atoms with van der Waals surface area (Å²) in [5, 5.41) is 15.3. The van der Waals surface area contributed by atoms with E-state index in [0.29, 0.717) is 46.4 Å². The Morgan fingerprint density at radius 2 is 1.87 bits per heavy atom. The van der Waals surface area contributed by atoms with Crippen molar-refractivity contribution in [2.45, 2.75) is 64.7 Å². The minimum absolute atomic E-state index is 0.0763. The standard InChI is InChI=1S/C27H29Br2N5O4/c1-3-36-22-14-18(13-21(29)25(22)37-15-17-9-11-19(28)12-10-17)24-23(16(2)30-27-31-32-33-34(24)27)26(35)38-20-7-5-4-6-8-20/h9-14,20,24H,3-8,15H2,1-2H3,(H,30,31,33). The number of rotatable bonds is 8. The lowest BCUT2D eigenvalue weighted by Crippen LogP contribution is -2.32. The highest BCUT2D eigenvalue weighted by Gasteiger charge is 2.37. The molecule has 1 unspecified atom stereocenters. The van der Waals surface area contributed by atoms with E-state index in [1.807, 2.05) is 50.2 Å². The number of anilines is 1. The third kappa shape index (κ3) is 5.73. The maximum Gasteiger partial charge on any atom is 0.338 e. The molecule has 1 aliphatic carbocycles. The number of aromatic nitrogens is 4. The first-order valence-corrected chi connectivity index (χ1v) is 14.3. The summed E-state index contributed by atoms with van der Waals surface area (Å²) >= 11 is 7.14. The minimum atomic E-state index is -0.603. The maximum absolute atomic E-state index is 13.6. The summed E-state index contributed by atoms with van der Waals surface area (Å²) < 4.78 is 21.5. The second-order valence-corrected chi connectivity index (χ2v) is 11.1. The monoisotopic (exact) mass is 645 g/mol. The summed E-state index contributed by atoms with van der Waals surface area (Å²) in [5.74, 6) is 1.22. The predicted octanol–water partition coefficient (Wildman–Crippen LogP) is 6.34. The highest BCUT2D eigenvalue weighted by atomic mass is 79.9. The zero-order chi connectivity index (χ0) is 26.6. The van der Waals surface area contributed by atoms with Crippen molar-refractivity contribution < 1.29 is 19.0 Å². The van der Waals surface area contributed by atoms with Gasteiger partial charge in [-0.1, -0.05) is 39.6 Å². The van der Waals surface area contributed by atoms with Gasteiger partial charge < -0.3 is 19.5 Å². The Balaban J connectivity index is 1.49. The molecule has 2 aliphatic rings. The summed E-state index contributed by atoms with van der Waals surface area (Å²) in [5.41, 5.74) is 2.91. The van der Waals surface area contributed by atoms with Crippen LogP contribution in [0.5, 0.6) is 11.5 Å². The number of nitrogens with one attached hydrogen (secondary N) is 1. The van der Waals surface area contributed by atoms with Crippen LogP contribution in [0.1, 0.15) is 63.1 Å². The second-order valence-electron chi connectivity index (χ2n) is 9.36. The van der Waals surface area contributed by atoms with Crippen molar-refractivity contribution in [1.29, 1.82) is 0 Å². The van der Waals surface area contributed by atoms with Crippen LogP contribution in [0.2, 0.25) is 0 Å².